The van der Waals surface area contributed by atoms with E-state index in [9.17, 15) is 5.11 Å². The summed E-state index contributed by atoms with van der Waals surface area (Å²) in [4.78, 5) is 8.17. The van der Waals surface area contributed by atoms with E-state index in [1.807, 2.05) is 18.3 Å². The van der Waals surface area contributed by atoms with Gasteiger partial charge in [0.05, 0.1) is 16.7 Å². The highest BCUT2D eigenvalue weighted by Crippen LogP contribution is 2.27. The molecule has 0 spiro atoms. The van der Waals surface area contributed by atoms with Crippen molar-refractivity contribution in [1.29, 1.82) is 0 Å². The summed E-state index contributed by atoms with van der Waals surface area (Å²) >= 11 is 1.51. The van der Waals surface area contributed by atoms with Crippen molar-refractivity contribution in [2.24, 2.45) is 0 Å². The monoisotopic (exact) mass is 194 g/mol. The quantitative estimate of drug-likeness (QED) is 0.770. The van der Waals surface area contributed by atoms with Gasteiger partial charge in [-0.05, 0) is 19.1 Å². The lowest BCUT2D eigenvalue weighted by Crippen LogP contribution is -1.83. The Morgan fingerprint density at radius 2 is 2.46 bits per heavy atom. The number of H-pyrrole nitrogens is 1. The second kappa shape index (κ2) is 3.32. The Morgan fingerprint density at radius 3 is 3.00 bits per heavy atom. The lowest BCUT2D eigenvalue weighted by molar-refractivity contribution is 0.203. The van der Waals surface area contributed by atoms with Gasteiger partial charge < -0.3 is 10.1 Å². The number of nitrogens with zero attached hydrogens (tertiary/aromatic N) is 1. The molecular formula is C9H10N2OS. The highest BCUT2D eigenvalue weighted by atomic mass is 32.1. The fraction of sp³-hybridized carbons (Fsp3) is 0.222. The molecule has 0 bridgehead atoms. The summed E-state index contributed by atoms with van der Waals surface area (Å²) in [6.07, 6.45) is 3.14. The second-order valence-corrected chi connectivity index (χ2v) is 3.89. The van der Waals surface area contributed by atoms with Crippen molar-refractivity contribution >= 4 is 11.3 Å². The van der Waals surface area contributed by atoms with E-state index < -0.39 is 6.10 Å². The van der Waals surface area contributed by atoms with Crippen LogP contribution in [0.15, 0.2) is 24.5 Å². The van der Waals surface area contributed by atoms with Gasteiger partial charge in [0, 0.05) is 12.4 Å². The number of rotatable bonds is 2. The van der Waals surface area contributed by atoms with Gasteiger partial charge in [-0.3, -0.25) is 0 Å². The largest absolute Gasteiger partial charge is 0.388 e. The van der Waals surface area contributed by atoms with Crippen LogP contribution >= 0.6 is 11.3 Å². The fourth-order valence-electron chi connectivity index (χ4n) is 1.07. The molecule has 1 atom stereocenters. The lowest BCUT2D eigenvalue weighted by Gasteiger charge is -1.95. The summed E-state index contributed by atoms with van der Waals surface area (Å²) < 4.78 is 0. The minimum atomic E-state index is -0.429. The summed E-state index contributed by atoms with van der Waals surface area (Å²) in [5, 5.41) is 10.2. The molecule has 2 rings (SSSR count). The van der Waals surface area contributed by atoms with Crippen LogP contribution in [0, 0.1) is 0 Å². The first-order chi connectivity index (χ1) is 6.27. The van der Waals surface area contributed by atoms with Crippen molar-refractivity contribution < 1.29 is 5.11 Å². The number of aromatic amines is 1. The first kappa shape index (κ1) is 8.47. The van der Waals surface area contributed by atoms with E-state index in [4.69, 9.17) is 0 Å². The van der Waals surface area contributed by atoms with Crippen LogP contribution in [0.2, 0.25) is 0 Å². The molecule has 0 saturated carbocycles. The van der Waals surface area contributed by atoms with Gasteiger partial charge in [-0.15, -0.1) is 11.3 Å². The zero-order chi connectivity index (χ0) is 9.26. The molecule has 2 aromatic heterocycles. The van der Waals surface area contributed by atoms with Gasteiger partial charge in [-0.1, -0.05) is 0 Å². The van der Waals surface area contributed by atoms with Crippen molar-refractivity contribution in [3.8, 4) is 10.7 Å². The van der Waals surface area contributed by atoms with E-state index in [1.165, 1.54) is 11.3 Å². The summed E-state index contributed by atoms with van der Waals surface area (Å²) in [6.45, 7) is 1.74. The highest BCUT2D eigenvalue weighted by molar-refractivity contribution is 7.15. The second-order valence-electron chi connectivity index (χ2n) is 2.83. The number of hydrogen-bond donors (Lipinski definition) is 2. The molecule has 1 unspecified atom stereocenters. The van der Waals surface area contributed by atoms with Crippen molar-refractivity contribution in [1.82, 2.24) is 9.97 Å². The normalized spacial score (nSPS) is 13.1. The number of thiazole rings is 1. The van der Waals surface area contributed by atoms with Gasteiger partial charge in [0.15, 0.2) is 0 Å². The maximum Gasteiger partial charge on any atom is 0.139 e. The Kier molecular flexibility index (Phi) is 2.16. The molecule has 0 saturated heterocycles. The molecule has 0 amide bonds. The number of hydrogen-bond acceptors (Lipinski definition) is 3. The highest BCUT2D eigenvalue weighted by Gasteiger charge is 2.08. The first-order valence-corrected chi connectivity index (χ1v) is 4.86. The number of aliphatic hydroxyl groups excluding tert-OH is 1. The molecule has 0 radical (unpaired) electrons. The van der Waals surface area contributed by atoms with Crippen LogP contribution in [-0.4, -0.2) is 15.1 Å². The standard InChI is InChI=1S/C9H10N2OS/c1-6(12)8-5-11-9(13-8)7-3-2-4-10-7/h2-6,10,12H,1H3. The van der Waals surface area contributed by atoms with E-state index in [-0.39, 0.29) is 0 Å². The van der Waals surface area contributed by atoms with E-state index >= 15 is 0 Å². The Labute approximate surface area is 80.1 Å². The SMILES string of the molecule is CC(O)c1cnc(-c2ccc[nH]2)s1. The van der Waals surface area contributed by atoms with Crippen LogP contribution in [0.5, 0.6) is 0 Å². The Balaban J connectivity index is 2.33. The Bertz CT molecular complexity index is 378. The van der Waals surface area contributed by atoms with Gasteiger partial charge >= 0.3 is 0 Å². The Hall–Kier alpha value is -1.13. The molecule has 2 N–H and O–H groups in total. The predicted molar refractivity (Wildman–Crippen MR) is 52.5 cm³/mol. The predicted octanol–water partition coefficient (Wildman–Crippen LogP) is 2.19. The third-order valence-electron chi connectivity index (χ3n) is 1.76. The number of aliphatic hydroxyl groups is 1. The van der Waals surface area contributed by atoms with Gasteiger partial charge in [-0.25, -0.2) is 4.98 Å². The van der Waals surface area contributed by atoms with Crippen LogP contribution in [0.3, 0.4) is 0 Å². The third kappa shape index (κ3) is 1.64. The van der Waals surface area contributed by atoms with E-state index in [0.717, 1.165) is 15.6 Å². The van der Waals surface area contributed by atoms with E-state index in [2.05, 4.69) is 9.97 Å². The summed E-state index contributed by atoms with van der Waals surface area (Å²) in [5.74, 6) is 0. The van der Waals surface area contributed by atoms with Gasteiger partial charge in [0.1, 0.15) is 5.01 Å². The smallest absolute Gasteiger partial charge is 0.139 e. The molecule has 13 heavy (non-hydrogen) atoms. The molecular weight excluding hydrogens is 184 g/mol. The molecule has 0 fully saturated rings. The number of nitrogens with one attached hydrogen (secondary N) is 1. The Morgan fingerprint density at radius 1 is 1.62 bits per heavy atom. The van der Waals surface area contributed by atoms with Crippen molar-refractivity contribution in [2.45, 2.75) is 13.0 Å². The maximum atomic E-state index is 9.29. The fourth-order valence-corrected chi connectivity index (χ4v) is 1.91. The van der Waals surface area contributed by atoms with Gasteiger partial charge in [0.25, 0.3) is 0 Å². The third-order valence-corrected chi connectivity index (χ3v) is 2.96. The van der Waals surface area contributed by atoms with E-state index in [0.29, 0.717) is 0 Å². The van der Waals surface area contributed by atoms with Crippen LogP contribution < -0.4 is 0 Å². The zero-order valence-corrected chi connectivity index (χ0v) is 8.01. The summed E-state index contributed by atoms with van der Waals surface area (Å²) in [6, 6.07) is 3.89. The number of aromatic nitrogens is 2. The molecule has 0 aromatic carbocycles. The molecule has 0 aliphatic carbocycles. The van der Waals surface area contributed by atoms with Crippen LogP contribution in [-0.2, 0) is 0 Å². The molecule has 4 heteroatoms. The molecule has 68 valence electrons. The molecule has 0 aliphatic rings. The topological polar surface area (TPSA) is 48.9 Å². The molecule has 3 nitrogen and oxygen atoms in total. The van der Waals surface area contributed by atoms with Crippen LogP contribution in [0.4, 0.5) is 0 Å². The first-order valence-electron chi connectivity index (χ1n) is 4.05. The maximum absolute atomic E-state index is 9.29. The van der Waals surface area contributed by atoms with Crippen LogP contribution in [0.25, 0.3) is 10.7 Å². The minimum absolute atomic E-state index is 0.429. The molecule has 2 heterocycles. The summed E-state index contributed by atoms with van der Waals surface area (Å²) in [5.41, 5.74) is 0.997. The van der Waals surface area contributed by atoms with Crippen molar-refractivity contribution in [2.75, 3.05) is 0 Å². The average molecular weight is 194 g/mol. The molecule has 0 aliphatic heterocycles. The van der Waals surface area contributed by atoms with Crippen molar-refractivity contribution in [3.05, 3.63) is 29.4 Å². The van der Waals surface area contributed by atoms with Gasteiger partial charge in [-0.2, -0.15) is 0 Å². The molecule has 2 aromatic rings. The van der Waals surface area contributed by atoms with Crippen LogP contribution in [0.1, 0.15) is 17.9 Å². The lowest BCUT2D eigenvalue weighted by atomic mass is 10.4. The zero-order valence-electron chi connectivity index (χ0n) is 7.19. The van der Waals surface area contributed by atoms with Gasteiger partial charge in [0.2, 0.25) is 0 Å². The average Bonchev–Trinajstić information content (AvgIpc) is 2.75. The summed E-state index contributed by atoms with van der Waals surface area (Å²) in [7, 11) is 0. The van der Waals surface area contributed by atoms with Crippen molar-refractivity contribution in [3.63, 3.8) is 0 Å². The van der Waals surface area contributed by atoms with E-state index in [1.54, 1.807) is 13.1 Å². The minimum Gasteiger partial charge on any atom is -0.388 e.